The van der Waals surface area contributed by atoms with Crippen LogP contribution < -0.4 is 0 Å². The molecule has 0 unspecified atom stereocenters. The topological polar surface area (TPSA) is 30.0 Å². The second-order valence-electron chi connectivity index (χ2n) is 4.91. The van der Waals surface area contributed by atoms with Gasteiger partial charge in [0.1, 0.15) is 5.15 Å². The van der Waals surface area contributed by atoms with Crippen LogP contribution in [-0.4, -0.2) is 11.3 Å². The molecule has 0 aliphatic carbocycles. The van der Waals surface area contributed by atoms with Gasteiger partial charge < -0.3 is 0 Å². The Kier molecular flexibility index (Phi) is 3.40. The van der Waals surface area contributed by atoms with Crippen LogP contribution in [-0.2, 0) is 0 Å². The molecule has 2 aromatic rings. The summed E-state index contributed by atoms with van der Waals surface area (Å²) in [5.74, 6) is 0.232. The fourth-order valence-corrected chi connectivity index (χ4v) is 2.54. The third-order valence-corrected chi connectivity index (χ3v) is 3.70. The molecule has 0 saturated carbocycles. The van der Waals surface area contributed by atoms with Crippen LogP contribution in [0.1, 0.15) is 46.8 Å². The average Bonchev–Trinajstić information content (AvgIpc) is 2.32. The number of rotatable bonds is 2. The van der Waals surface area contributed by atoms with Crippen LogP contribution in [0, 0.1) is 13.8 Å². The molecule has 0 N–H and O–H groups in total. The van der Waals surface area contributed by atoms with Gasteiger partial charge in [-0.15, -0.1) is 0 Å². The maximum absolute atomic E-state index is 11.2. The Morgan fingerprint density at radius 1 is 1.28 bits per heavy atom. The first-order chi connectivity index (χ1) is 8.47. The van der Waals surface area contributed by atoms with Crippen LogP contribution >= 0.6 is 11.6 Å². The molecule has 0 amide bonds. The molecule has 2 rings (SSSR count). The number of fused-ring (bicyclic) bond motifs is 1. The summed E-state index contributed by atoms with van der Waals surface area (Å²) in [4.78, 5) is 15.6. The molecular weight excluding hydrogens is 246 g/mol. The maximum atomic E-state index is 11.2. The number of halogens is 1. The van der Waals surface area contributed by atoms with E-state index in [1.54, 1.807) is 0 Å². The zero-order chi connectivity index (χ0) is 13.4. The normalized spacial score (nSPS) is 11.2. The summed E-state index contributed by atoms with van der Waals surface area (Å²) in [5, 5.41) is 1.33. The van der Waals surface area contributed by atoms with Gasteiger partial charge in [-0.05, 0) is 36.5 Å². The van der Waals surface area contributed by atoms with Crippen molar-refractivity contribution in [1.29, 1.82) is 0 Å². The Morgan fingerprint density at radius 2 is 1.94 bits per heavy atom. The van der Waals surface area contributed by atoms with E-state index in [4.69, 9.17) is 11.6 Å². The molecule has 1 aromatic carbocycles. The average molecular weight is 262 g/mol. The lowest BCUT2D eigenvalue weighted by molar-refractivity contribution is 0.112. The highest BCUT2D eigenvalue weighted by Crippen LogP contribution is 2.33. The van der Waals surface area contributed by atoms with E-state index in [0.717, 1.165) is 28.3 Å². The Balaban J connectivity index is 3.00. The lowest BCUT2D eigenvalue weighted by Gasteiger charge is -2.15. The Labute approximate surface area is 112 Å². The van der Waals surface area contributed by atoms with Crippen molar-refractivity contribution in [2.45, 2.75) is 33.6 Å². The lowest BCUT2D eigenvalue weighted by atomic mass is 9.92. The molecule has 0 aliphatic rings. The van der Waals surface area contributed by atoms with Gasteiger partial charge in [0.15, 0.2) is 6.29 Å². The molecule has 18 heavy (non-hydrogen) atoms. The van der Waals surface area contributed by atoms with E-state index in [1.165, 1.54) is 5.56 Å². The molecule has 0 aliphatic heterocycles. The molecule has 1 aromatic heterocycles. The quantitative estimate of drug-likeness (QED) is 0.591. The molecule has 3 heteroatoms. The van der Waals surface area contributed by atoms with Crippen LogP contribution in [0.5, 0.6) is 0 Å². The molecule has 0 spiro atoms. The highest BCUT2D eigenvalue weighted by molar-refractivity contribution is 6.32. The molecule has 2 nitrogen and oxygen atoms in total. The van der Waals surface area contributed by atoms with Gasteiger partial charge in [0.25, 0.3) is 0 Å². The molecule has 1 heterocycles. The van der Waals surface area contributed by atoms with Crippen molar-refractivity contribution in [3.05, 3.63) is 39.5 Å². The fourth-order valence-electron chi connectivity index (χ4n) is 2.31. The summed E-state index contributed by atoms with van der Waals surface area (Å²) in [6, 6.07) is 4.09. The number of aldehydes is 1. The van der Waals surface area contributed by atoms with Gasteiger partial charge in [-0.3, -0.25) is 4.79 Å². The van der Waals surface area contributed by atoms with Crippen LogP contribution in [0.2, 0.25) is 5.15 Å². The van der Waals surface area contributed by atoms with E-state index in [2.05, 4.69) is 24.9 Å². The minimum absolute atomic E-state index is 0.232. The van der Waals surface area contributed by atoms with Crippen LogP contribution in [0.4, 0.5) is 0 Å². The standard InChI is InChI=1S/C15H16ClNO/c1-8(2)13-11-6-5-9(3)10(4)14(11)17-15(16)12(13)7-18/h5-8H,1-4H3. The van der Waals surface area contributed by atoms with Crippen molar-refractivity contribution in [2.75, 3.05) is 0 Å². The number of carbonyl (C=O) groups excluding carboxylic acids is 1. The number of carbonyl (C=O) groups is 1. The molecular formula is C15H16ClNO. The van der Waals surface area contributed by atoms with Crippen molar-refractivity contribution >= 4 is 28.8 Å². The zero-order valence-corrected chi connectivity index (χ0v) is 11.8. The zero-order valence-electron chi connectivity index (χ0n) is 11.0. The lowest BCUT2D eigenvalue weighted by Crippen LogP contribution is -2.02. The predicted molar refractivity (Wildman–Crippen MR) is 75.7 cm³/mol. The predicted octanol–water partition coefficient (Wildman–Crippen LogP) is 4.44. The summed E-state index contributed by atoms with van der Waals surface area (Å²) in [5.41, 5.74) is 4.70. The summed E-state index contributed by atoms with van der Waals surface area (Å²) < 4.78 is 0. The van der Waals surface area contributed by atoms with Gasteiger partial charge >= 0.3 is 0 Å². The first-order valence-corrected chi connectivity index (χ1v) is 6.39. The number of benzene rings is 1. The summed E-state index contributed by atoms with van der Waals surface area (Å²) in [6.45, 7) is 8.21. The van der Waals surface area contributed by atoms with E-state index in [0.29, 0.717) is 10.7 Å². The van der Waals surface area contributed by atoms with Crippen molar-refractivity contribution in [3.8, 4) is 0 Å². The SMILES string of the molecule is Cc1ccc2c(C(C)C)c(C=O)c(Cl)nc2c1C. The smallest absolute Gasteiger partial charge is 0.153 e. The first kappa shape index (κ1) is 13.0. The number of hydrogen-bond donors (Lipinski definition) is 0. The molecule has 0 saturated heterocycles. The summed E-state index contributed by atoms with van der Waals surface area (Å²) in [7, 11) is 0. The fraction of sp³-hybridized carbons (Fsp3) is 0.333. The van der Waals surface area contributed by atoms with Crippen molar-refractivity contribution in [1.82, 2.24) is 4.98 Å². The first-order valence-electron chi connectivity index (χ1n) is 6.01. The van der Waals surface area contributed by atoms with Gasteiger partial charge in [-0.25, -0.2) is 4.98 Å². The van der Waals surface area contributed by atoms with Gasteiger partial charge in [-0.2, -0.15) is 0 Å². The molecule has 0 radical (unpaired) electrons. The Bertz CT molecular complexity index is 632. The van der Waals surface area contributed by atoms with E-state index in [9.17, 15) is 4.79 Å². The summed E-state index contributed by atoms with van der Waals surface area (Å²) in [6.07, 6.45) is 0.805. The van der Waals surface area contributed by atoms with E-state index in [-0.39, 0.29) is 5.92 Å². The summed E-state index contributed by atoms with van der Waals surface area (Å²) >= 11 is 6.13. The van der Waals surface area contributed by atoms with Gasteiger partial charge in [0, 0.05) is 5.39 Å². The highest BCUT2D eigenvalue weighted by atomic mass is 35.5. The van der Waals surface area contributed by atoms with Crippen LogP contribution in [0.15, 0.2) is 12.1 Å². The van der Waals surface area contributed by atoms with E-state index >= 15 is 0 Å². The van der Waals surface area contributed by atoms with Gasteiger partial charge in [0.2, 0.25) is 0 Å². The second kappa shape index (κ2) is 4.69. The maximum Gasteiger partial charge on any atom is 0.153 e. The molecule has 94 valence electrons. The Morgan fingerprint density at radius 3 is 2.50 bits per heavy atom. The minimum Gasteiger partial charge on any atom is -0.298 e. The van der Waals surface area contributed by atoms with Crippen LogP contribution in [0.25, 0.3) is 10.9 Å². The van der Waals surface area contributed by atoms with Crippen molar-refractivity contribution < 1.29 is 4.79 Å². The molecule has 0 bridgehead atoms. The monoisotopic (exact) mass is 261 g/mol. The molecule has 0 fully saturated rings. The number of nitrogens with zero attached hydrogens (tertiary/aromatic N) is 1. The van der Waals surface area contributed by atoms with Crippen molar-refractivity contribution in [2.24, 2.45) is 0 Å². The number of pyridine rings is 1. The van der Waals surface area contributed by atoms with Crippen LogP contribution in [0.3, 0.4) is 0 Å². The largest absolute Gasteiger partial charge is 0.298 e. The van der Waals surface area contributed by atoms with Gasteiger partial charge in [0.05, 0.1) is 11.1 Å². The minimum atomic E-state index is 0.232. The van der Waals surface area contributed by atoms with E-state index in [1.807, 2.05) is 19.9 Å². The third kappa shape index (κ3) is 1.91. The number of aromatic nitrogens is 1. The third-order valence-electron chi connectivity index (χ3n) is 3.41. The Hall–Kier alpha value is -1.41. The number of hydrogen-bond acceptors (Lipinski definition) is 2. The molecule has 0 atom stereocenters. The van der Waals surface area contributed by atoms with E-state index < -0.39 is 0 Å². The van der Waals surface area contributed by atoms with Crippen molar-refractivity contribution in [3.63, 3.8) is 0 Å². The second-order valence-corrected chi connectivity index (χ2v) is 5.26. The highest BCUT2D eigenvalue weighted by Gasteiger charge is 2.17. The van der Waals surface area contributed by atoms with Gasteiger partial charge in [-0.1, -0.05) is 37.6 Å². The number of aryl methyl sites for hydroxylation is 2.